The van der Waals surface area contributed by atoms with E-state index in [1.165, 1.54) is 16.3 Å². The Bertz CT molecular complexity index is 533. The first kappa shape index (κ1) is 12.6. The van der Waals surface area contributed by atoms with Crippen molar-refractivity contribution in [2.75, 3.05) is 6.54 Å². The first-order valence-electron chi connectivity index (χ1n) is 6.54. The van der Waals surface area contributed by atoms with Crippen molar-refractivity contribution in [1.82, 2.24) is 5.32 Å². The second kappa shape index (κ2) is 6.20. The number of benzene rings is 2. The summed E-state index contributed by atoms with van der Waals surface area (Å²) in [6.07, 6.45) is 2.42. The van der Waals surface area contributed by atoms with Crippen LogP contribution in [0.4, 0.5) is 0 Å². The van der Waals surface area contributed by atoms with Gasteiger partial charge in [0.05, 0.1) is 0 Å². The number of carbonyl (C=O) groups is 1. The summed E-state index contributed by atoms with van der Waals surface area (Å²) in [5.74, 6) is 0.151. The Morgan fingerprint density at radius 3 is 2.67 bits per heavy atom. The van der Waals surface area contributed by atoms with E-state index < -0.39 is 0 Å². The lowest BCUT2D eigenvalue weighted by Gasteiger charge is -2.05. The lowest BCUT2D eigenvalue weighted by Crippen LogP contribution is -2.25. The van der Waals surface area contributed by atoms with Crippen LogP contribution in [-0.4, -0.2) is 12.5 Å². The molecule has 2 aromatic rings. The van der Waals surface area contributed by atoms with E-state index in [2.05, 4.69) is 41.7 Å². The summed E-state index contributed by atoms with van der Waals surface area (Å²) in [5, 5.41) is 5.46. The Labute approximate surface area is 108 Å². The van der Waals surface area contributed by atoms with E-state index in [9.17, 15) is 4.79 Å². The maximum Gasteiger partial charge on any atom is 0.219 e. The maximum atomic E-state index is 11.3. The molecule has 0 aliphatic heterocycles. The summed E-state index contributed by atoms with van der Waals surface area (Å²) < 4.78 is 0. The average Bonchev–Trinajstić information content (AvgIpc) is 2.39. The Morgan fingerprint density at radius 1 is 1.11 bits per heavy atom. The summed E-state index contributed by atoms with van der Waals surface area (Å²) >= 11 is 0. The Kier molecular flexibility index (Phi) is 4.35. The lowest BCUT2D eigenvalue weighted by molar-refractivity contribution is -0.121. The average molecular weight is 241 g/mol. The highest BCUT2D eigenvalue weighted by Gasteiger charge is 1.99. The van der Waals surface area contributed by atoms with Crippen LogP contribution in [0.5, 0.6) is 0 Å². The first-order chi connectivity index (χ1) is 8.79. The first-order valence-corrected chi connectivity index (χ1v) is 6.54. The smallest absolute Gasteiger partial charge is 0.219 e. The molecule has 0 aliphatic carbocycles. The SMILES string of the molecule is CCCC(=O)NCCc1ccc2ccccc2c1. The molecule has 0 unspecified atom stereocenters. The van der Waals surface area contributed by atoms with Crippen LogP contribution in [0.1, 0.15) is 25.3 Å². The van der Waals surface area contributed by atoms with Gasteiger partial charge in [-0.2, -0.15) is 0 Å². The van der Waals surface area contributed by atoms with E-state index in [0.717, 1.165) is 19.4 Å². The molecule has 1 amide bonds. The molecule has 2 aromatic carbocycles. The van der Waals surface area contributed by atoms with Crippen LogP contribution >= 0.6 is 0 Å². The van der Waals surface area contributed by atoms with Gasteiger partial charge in [-0.1, -0.05) is 49.4 Å². The molecule has 18 heavy (non-hydrogen) atoms. The molecule has 94 valence electrons. The van der Waals surface area contributed by atoms with E-state index in [1.807, 2.05) is 13.0 Å². The number of hydrogen-bond donors (Lipinski definition) is 1. The number of fused-ring (bicyclic) bond motifs is 1. The third-order valence-corrected chi connectivity index (χ3v) is 3.03. The van der Waals surface area contributed by atoms with Gasteiger partial charge < -0.3 is 5.32 Å². The van der Waals surface area contributed by atoms with E-state index >= 15 is 0 Å². The van der Waals surface area contributed by atoms with Gasteiger partial charge in [-0.05, 0) is 29.2 Å². The quantitative estimate of drug-likeness (QED) is 0.855. The summed E-state index contributed by atoms with van der Waals surface area (Å²) in [6, 6.07) is 14.8. The molecule has 0 bridgehead atoms. The van der Waals surface area contributed by atoms with Crippen LogP contribution in [-0.2, 0) is 11.2 Å². The Balaban J connectivity index is 1.93. The zero-order valence-electron chi connectivity index (χ0n) is 10.8. The summed E-state index contributed by atoms with van der Waals surface area (Å²) in [6.45, 7) is 2.74. The molecule has 0 saturated heterocycles. The molecule has 2 rings (SSSR count). The molecule has 0 aliphatic rings. The van der Waals surface area contributed by atoms with E-state index in [4.69, 9.17) is 0 Å². The monoisotopic (exact) mass is 241 g/mol. The van der Waals surface area contributed by atoms with Crippen LogP contribution < -0.4 is 5.32 Å². The molecule has 0 radical (unpaired) electrons. The van der Waals surface area contributed by atoms with Crippen molar-refractivity contribution in [1.29, 1.82) is 0 Å². The largest absolute Gasteiger partial charge is 0.356 e. The van der Waals surface area contributed by atoms with E-state index in [1.54, 1.807) is 0 Å². The fourth-order valence-corrected chi connectivity index (χ4v) is 2.06. The van der Waals surface area contributed by atoms with Gasteiger partial charge in [0.25, 0.3) is 0 Å². The van der Waals surface area contributed by atoms with Crippen molar-refractivity contribution in [2.45, 2.75) is 26.2 Å². The fraction of sp³-hybridized carbons (Fsp3) is 0.312. The molecule has 0 spiro atoms. The van der Waals surface area contributed by atoms with Gasteiger partial charge in [0.2, 0.25) is 5.91 Å². The normalized spacial score (nSPS) is 10.5. The molecule has 1 N–H and O–H groups in total. The molecule has 0 heterocycles. The van der Waals surface area contributed by atoms with Gasteiger partial charge in [-0.3, -0.25) is 4.79 Å². The second-order valence-electron chi connectivity index (χ2n) is 4.53. The molecule has 2 heteroatoms. The van der Waals surface area contributed by atoms with Crippen LogP contribution in [0.2, 0.25) is 0 Å². The fourth-order valence-electron chi connectivity index (χ4n) is 2.06. The predicted molar refractivity (Wildman–Crippen MR) is 75.6 cm³/mol. The molecule has 0 saturated carbocycles. The van der Waals surface area contributed by atoms with Gasteiger partial charge in [0, 0.05) is 13.0 Å². The number of rotatable bonds is 5. The summed E-state index contributed by atoms with van der Waals surface area (Å²) in [7, 11) is 0. The summed E-state index contributed by atoms with van der Waals surface area (Å²) in [4.78, 5) is 11.3. The van der Waals surface area contributed by atoms with Gasteiger partial charge in [-0.15, -0.1) is 0 Å². The zero-order chi connectivity index (χ0) is 12.8. The highest BCUT2D eigenvalue weighted by atomic mass is 16.1. The molecule has 0 fully saturated rings. The third kappa shape index (κ3) is 3.33. The topological polar surface area (TPSA) is 29.1 Å². The number of carbonyl (C=O) groups excluding carboxylic acids is 1. The third-order valence-electron chi connectivity index (χ3n) is 3.03. The molecule has 0 atom stereocenters. The second-order valence-corrected chi connectivity index (χ2v) is 4.53. The van der Waals surface area contributed by atoms with Crippen molar-refractivity contribution in [3.63, 3.8) is 0 Å². The lowest BCUT2D eigenvalue weighted by atomic mass is 10.1. The van der Waals surface area contributed by atoms with Gasteiger partial charge in [0.15, 0.2) is 0 Å². The van der Waals surface area contributed by atoms with Crippen LogP contribution in [0.25, 0.3) is 10.8 Å². The summed E-state index contributed by atoms with van der Waals surface area (Å²) in [5.41, 5.74) is 1.27. The van der Waals surface area contributed by atoms with Gasteiger partial charge in [0.1, 0.15) is 0 Å². The van der Waals surface area contributed by atoms with Crippen LogP contribution in [0, 0.1) is 0 Å². The van der Waals surface area contributed by atoms with E-state index in [0.29, 0.717) is 6.42 Å². The Hall–Kier alpha value is -1.83. The minimum atomic E-state index is 0.151. The predicted octanol–water partition coefficient (Wildman–Crippen LogP) is 3.30. The standard InChI is InChI=1S/C16H19NO/c1-2-5-16(18)17-11-10-13-8-9-14-6-3-4-7-15(14)12-13/h3-4,6-9,12H,2,5,10-11H2,1H3,(H,17,18). The maximum absolute atomic E-state index is 11.3. The van der Waals surface area contributed by atoms with Gasteiger partial charge in [-0.25, -0.2) is 0 Å². The van der Waals surface area contributed by atoms with Crippen molar-refractivity contribution >= 4 is 16.7 Å². The number of hydrogen-bond acceptors (Lipinski definition) is 1. The molecule has 2 nitrogen and oxygen atoms in total. The van der Waals surface area contributed by atoms with Crippen molar-refractivity contribution in [3.8, 4) is 0 Å². The van der Waals surface area contributed by atoms with Crippen molar-refractivity contribution < 1.29 is 4.79 Å². The minimum Gasteiger partial charge on any atom is -0.356 e. The molecular weight excluding hydrogens is 222 g/mol. The Morgan fingerprint density at radius 2 is 1.89 bits per heavy atom. The number of amides is 1. The van der Waals surface area contributed by atoms with Crippen molar-refractivity contribution in [3.05, 3.63) is 48.0 Å². The van der Waals surface area contributed by atoms with Crippen LogP contribution in [0.3, 0.4) is 0 Å². The molecular formula is C16H19NO. The highest BCUT2D eigenvalue weighted by Crippen LogP contribution is 2.15. The molecule has 0 aromatic heterocycles. The van der Waals surface area contributed by atoms with Gasteiger partial charge >= 0.3 is 0 Å². The number of nitrogens with one attached hydrogen (secondary N) is 1. The van der Waals surface area contributed by atoms with E-state index in [-0.39, 0.29) is 5.91 Å². The van der Waals surface area contributed by atoms with Crippen LogP contribution in [0.15, 0.2) is 42.5 Å². The van der Waals surface area contributed by atoms with Crippen molar-refractivity contribution in [2.24, 2.45) is 0 Å². The highest BCUT2D eigenvalue weighted by molar-refractivity contribution is 5.83. The minimum absolute atomic E-state index is 0.151. The zero-order valence-corrected chi connectivity index (χ0v) is 10.8.